The van der Waals surface area contributed by atoms with Gasteiger partial charge in [0.05, 0.1) is 6.20 Å². The number of nitrogens with two attached hydrogens (primary N) is 1. The summed E-state index contributed by atoms with van der Waals surface area (Å²) in [5, 5.41) is 4.39. The standard InChI is InChI=1S/C21H18ClN5O/c1-12-17(18-14(19(23)28)8-5-9-16(18)26-12)21-25-11-15(22)20(27-21)24-10-13-6-3-2-4-7-13/h2-9,11,26H,10H2,1H3,(H2,23,28)(H,24,25,27). The van der Waals surface area contributed by atoms with Crippen LogP contribution in [-0.4, -0.2) is 20.9 Å². The van der Waals surface area contributed by atoms with E-state index in [-0.39, 0.29) is 0 Å². The van der Waals surface area contributed by atoms with Gasteiger partial charge in [-0.1, -0.05) is 48.0 Å². The van der Waals surface area contributed by atoms with Crippen molar-refractivity contribution >= 4 is 34.2 Å². The summed E-state index contributed by atoms with van der Waals surface area (Å²) >= 11 is 6.29. The quantitative estimate of drug-likeness (QED) is 0.472. The van der Waals surface area contributed by atoms with Crippen LogP contribution in [0.15, 0.2) is 54.7 Å². The summed E-state index contributed by atoms with van der Waals surface area (Å²) in [7, 11) is 0. The van der Waals surface area contributed by atoms with Gasteiger partial charge in [0.1, 0.15) is 10.8 Å². The maximum Gasteiger partial charge on any atom is 0.249 e. The highest BCUT2D eigenvalue weighted by Crippen LogP contribution is 2.34. The summed E-state index contributed by atoms with van der Waals surface area (Å²) in [6.07, 6.45) is 1.56. The van der Waals surface area contributed by atoms with Crippen LogP contribution in [0.5, 0.6) is 0 Å². The third kappa shape index (κ3) is 3.30. The number of hydrogen-bond donors (Lipinski definition) is 3. The molecule has 6 nitrogen and oxygen atoms in total. The summed E-state index contributed by atoms with van der Waals surface area (Å²) in [5.41, 5.74) is 9.50. The first kappa shape index (κ1) is 18.0. The number of anilines is 1. The molecule has 2 aromatic heterocycles. The molecule has 4 aromatic rings. The van der Waals surface area contributed by atoms with Crippen LogP contribution in [0.3, 0.4) is 0 Å². The number of benzene rings is 2. The van der Waals surface area contributed by atoms with Gasteiger partial charge in [-0.3, -0.25) is 4.79 Å². The lowest BCUT2D eigenvalue weighted by atomic mass is 10.0. The van der Waals surface area contributed by atoms with Crippen molar-refractivity contribution in [1.82, 2.24) is 15.0 Å². The Labute approximate surface area is 166 Å². The number of halogens is 1. The minimum absolute atomic E-state index is 0.423. The van der Waals surface area contributed by atoms with Gasteiger partial charge in [0.15, 0.2) is 5.82 Å². The van der Waals surface area contributed by atoms with E-state index in [0.29, 0.717) is 34.2 Å². The molecule has 7 heteroatoms. The molecule has 0 aliphatic carbocycles. The number of amides is 1. The maximum atomic E-state index is 11.9. The van der Waals surface area contributed by atoms with E-state index in [1.54, 1.807) is 18.3 Å². The van der Waals surface area contributed by atoms with Crippen LogP contribution >= 0.6 is 11.6 Å². The molecule has 0 spiro atoms. The highest BCUT2D eigenvalue weighted by molar-refractivity contribution is 6.32. The van der Waals surface area contributed by atoms with Crippen LogP contribution in [0.2, 0.25) is 5.02 Å². The van der Waals surface area contributed by atoms with E-state index in [4.69, 9.17) is 17.3 Å². The first-order chi connectivity index (χ1) is 13.5. The molecule has 0 atom stereocenters. The molecule has 4 N–H and O–H groups in total. The Balaban J connectivity index is 1.78. The van der Waals surface area contributed by atoms with Gasteiger partial charge in [-0.25, -0.2) is 9.97 Å². The van der Waals surface area contributed by atoms with Crippen molar-refractivity contribution in [2.75, 3.05) is 5.32 Å². The monoisotopic (exact) mass is 391 g/mol. The minimum Gasteiger partial charge on any atom is -0.366 e. The fraction of sp³-hybridized carbons (Fsp3) is 0.0952. The normalized spacial score (nSPS) is 10.9. The van der Waals surface area contributed by atoms with E-state index in [0.717, 1.165) is 22.3 Å². The van der Waals surface area contributed by atoms with Crippen LogP contribution < -0.4 is 11.1 Å². The fourth-order valence-electron chi connectivity index (χ4n) is 3.26. The average Bonchev–Trinajstić information content (AvgIpc) is 3.04. The molecule has 140 valence electrons. The lowest BCUT2D eigenvalue weighted by Crippen LogP contribution is -2.11. The number of rotatable bonds is 5. The molecule has 28 heavy (non-hydrogen) atoms. The summed E-state index contributed by atoms with van der Waals surface area (Å²) in [6.45, 7) is 2.49. The van der Waals surface area contributed by atoms with Gasteiger partial charge < -0.3 is 16.0 Å². The van der Waals surface area contributed by atoms with Crippen molar-refractivity contribution in [3.63, 3.8) is 0 Å². The number of carbonyl (C=O) groups is 1. The predicted octanol–water partition coefficient (Wildman–Crippen LogP) is 4.30. The van der Waals surface area contributed by atoms with E-state index < -0.39 is 5.91 Å². The van der Waals surface area contributed by atoms with E-state index in [1.807, 2.05) is 43.3 Å². The molecular weight excluding hydrogens is 374 g/mol. The molecule has 0 saturated heterocycles. The number of aromatic nitrogens is 3. The molecule has 4 rings (SSSR count). The highest BCUT2D eigenvalue weighted by atomic mass is 35.5. The zero-order valence-electron chi connectivity index (χ0n) is 15.2. The molecule has 1 amide bonds. The number of primary amides is 1. The van der Waals surface area contributed by atoms with E-state index >= 15 is 0 Å². The van der Waals surface area contributed by atoms with Crippen molar-refractivity contribution in [3.8, 4) is 11.4 Å². The van der Waals surface area contributed by atoms with Crippen LogP contribution in [0.4, 0.5) is 5.82 Å². The Morgan fingerprint density at radius 1 is 1.18 bits per heavy atom. The first-order valence-corrected chi connectivity index (χ1v) is 9.14. The topological polar surface area (TPSA) is 96.7 Å². The van der Waals surface area contributed by atoms with E-state index in [2.05, 4.69) is 20.3 Å². The Bertz CT molecular complexity index is 1170. The summed E-state index contributed by atoms with van der Waals surface area (Å²) in [6, 6.07) is 15.3. The number of H-pyrrole nitrogens is 1. The number of fused-ring (bicyclic) bond motifs is 1. The molecule has 0 saturated carbocycles. The number of nitrogens with one attached hydrogen (secondary N) is 2. The molecule has 2 heterocycles. The number of nitrogens with zero attached hydrogens (tertiary/aromatic N) is 2. The minimum atomic E-state index is -0.498. The van der Waals surface area contributed by atoms with Crippen LogP contribution in [-0.2, 0) is 6.54 Å². The largest absolute Gasteiger partial charge is 0.366 e. The predicted molar refractivity (Wildman–Crippen MR) is 111 cm³/mol. The van der Waals surface area contributed by atoms with Gasteiger partial charge >= 0.3 is 0 Å². The number of carbonyl (C=O) groups excluding carboxylic acids is 1. The summed E-state index contributed by atoms with van der Waals surface area (Å²) < 4.78 is 0. The Morgan fingerprint density at radius 3 is 2.71 bits per heavy atom. The van der Waals surface area contributed by atoms with Gasteiger partial charge in [0.2, 0.25) is 5.91 Å². The molecule has 0 aliphatic heterocycles. The first-order valence-electron chi connectivity index (χ1n) is 8.76. The van der Waals surface area contributed by atoms with E-state index in [1.165, 1.54) is 0 Å². The SMILES string of the molecule is Cc1[nH]c2cccc(C(N)=O)c2c1-c1ncc(Cl)c(NCc2ccccc2)n1. The smallest absolute Gasteiger partial charge is 0.249 e. The van der Waals surface area contributed by atoms with Crippen molar-refractivity contribution < 1.29 is 4.79 Å². The zero-order valence-corrected chi connectivity index (χ0v) is 15.9. The van der Waals surface area contributed by atoms with Crippen molar-refractivity contribution in [2.24, 2.45) is 5.73 Å². The van der Waals surface area contributed by atoms with Crippen molar-refractivity contribution in [3.05, 3.63) is 76.6 Å². The molecule has 0 fully saturated rings. The number of aromatic amines is 1. The lowest BCUT2D eigenvalue weighted by molar-refractivity contribution is 0.100. The third-order valence-electron chi connectivity index (χ3n) is 4.55. The molecule has 2 aromatic carbocycles. The molecule has 0 aliphatic rings. The maximum absolute atomic E-state index is 11.9. The Hall–Kier alpha value is -3.38. The van der Waals surface area contributed by atoms with E-state index in [9.17, 15) is 4.79 Å². The van der Waals surface area contributed by atoms with Crippen molar-refractivity contribution in [1.29, 1.82) is 0 Å². The molecular formula is C21H18ClN5O. The van der Waals surface area contributed by atoms with Gasteiger partial charge in [0.25, 0.3) is 0 Å². The van der Waals surface area contributed by atoms with Gasteiger partial charge in [-0.2, -0.15) is 0 Å². The van der Waals surface area contributed by atoms with Crippen molar-refractivity contribution in [2.45, 2.75) is 13.5 Å². The molecule has 0 bridgehead atoms. The second-order valence-electron chi connectivity index (χ2n) is 6.45. The third-order valence-corrected chi connectivity index (χ3v) is 4.82. The lowest BCUT2D eigenvalue weighted by Gasteiger charge is -2.10. The second-order valence-corrected chi connectivity index (χ2v) is 6.85. The Morgan fingerprint density at radius 2 is 1.96 bits per heavy atom. The van der Waals surface area contributed by atoms with Gasteiger partial charge in [-0.05, 0) is 24.6 Å². The average molecular weight is 392 g/mol. The van der Waals surface area contributed by atoms with Crippen LogP contribution in [0.1, 0.15) is 21.6 Å². The number of hydrogen-bond acceptors (Lipinski definition) is 4. The Kier molecular flexibility index (Phi) is 4.71. The number of aryl methyl sites for hydroxylation is 1. The molecule has 0 unspecified atom stereocenters. The van der Waals surface area contributed by atoms with Gasteiger partial charge in [-0.15, -0.1) is 0 Å². The summed E-state index contributed by atoms with van der Waals surface area (Å²) in [4.78, 5) is 24.2. The zero-order chi connectivity index (χ0) is 19.7. The second kappa shape index (κ2) is 7.32. The van der Waals surface area contributed by atoms with Crippen LogP contribution in [0.25, 0.3) is 22.3 Å². The van der Waals surface area contributed by atoms with Crippen LogP contribution in [0, 0.1) is 6.92 Å². The summed E-state index contributed by atoms with van der Waals surface area (Å²) in [5.74, 6) is 0.500. The highest BCUT2D eigenvalue weighted by Gasteiger charge is 2.19. The molecule has 0 radical (unpaired) electrons. The fourth-order valence-corrected chi connectivity index (χ4v) is 3.41. The van der Waals surface area contributed by atoms with Gasteiger partial charge in [0, 0.05) is 34.3 Å².